The number of ether oxygens (including phenoxy) is 1. The van der Waals surface area contributed by atoms with Crippen LogP contribution in [0.4, 0.5) is 18.9 Å². The zero-order valence-corrected chi connectivity index (χ0v) is 20.2. The molecular weight excluding hydrogens is 469 g/mol. The van der Waals surface area contributed by atoms with Gasteiger partial charge in [-0.3, -0.25) is 9.78 Å². The molecule has 0 unspecified atom stereocenters. The third-order valence-electron chi connectivity index (χ3n) is 6.53. The average Bonchev–Trinajstić information content (AvgIpc) is 2.83. The SMILES string of the molecule is COCCc1cc(F)c(-c2nc(C(=O)Nc3cnccc3[C@@H]3C[C@H](C)C[C@H](N)C3)ccc2F)c(F)c1. The topological polar surface area (TPSA) is 90.1 Å². The van der Waals surface area contributed by atoms with Crippen LogP contribution in [-0.2, 0) is 11.2 Å². The molecule has 3 aromatic rings. The Morgan fingerprint density at radius 2 is 1.86 bits per heavy atom. The van der Waals surface area contributed by atoms with Crippen molar-refractivity contribution in [3.8, 4) is 11.3 Å². The first kappa shape index (κ1) is 25.8. The van der Waals surface area contributed by atoms with Crippen molar-refractivity contribution in [3.63, 3.8) is 0 Å². The second-order valence-corrected chi connectivity index (χ2v) is 9.39. The summed E-state index contributed by atoms with van der Waals surface area (Å²) in [5.41, 5.74) is 6.61. The summed E-state index contributed by atoms with van der Waals surface area (Å²) < 4.78 is 49.2. The summed E-state index contributed by atoms with van der Waals surface area (Å²) in [6.45, 7) is 2.43. The molecule has 1 saturated carbocycles. The molecule has 190 valence electrons. The number of carbonyl (C=O) groups excluding carboxylic acids is 1. The molecule has 3 N–H and O–H groups in total. The van der Waals surface area contributed by atoms with Crippen LogP contribution in [0.25, 0.3) is 11.3 Å². The van der Waals surface area contributed by atoms with E-state index in [4.69, 9.17) is 10.5 Å². The zero-order valence-electron chi connectivity index (χ0n) is 20.2. The summed E-state index contributed by atoms with van der Waals surface area (Å²) >= 11 is 0. The fraction of sp³-hybridized carbons (Fsp3) is 0.370. The molecule has 1 aliphatic rings. The van der Waals surface area contributed by atoms with Crippen LogP contribution in [-0.4, -0.2) is 35.6 Å². The van der Waals surface area contributed by atoms with E-state index in [2.05, 4.69) is 22.2 Å². The summed E-state index contributed by atoms with van der Waals surface area (Å²) in [6, 6.07) is 6.30. The standard InChI is InChI=1S/C27H29F3N4O2/c1-15-9-17(13-18(31)10-15)19-5-7-32-14-24(19)34-27(35)23-4-3-20(28)26(33-23)25-21(29)11-16(6-8-36-2)12-22(25)30/h3-5,7,11-12,14-15,17-18H,6,8-10,13,31H2,1-2H3,(H,34,35)/t15-,17+,18-/m0/s1. The Kier molecular flexibility index (Phi) is 8.01. The number of hydrogen-bond donors (Lipinski definition) is 2. The number of nitrogens with one attached hydrogen (secondary N) is 1. The minimum absolute atomic E-state index is 0.0717. The maximum Gasteiger partial charge on any atom is 0.274 e. The molecule has 9 heteroatoms. The second-order valence-electron chi connectivity index (χ2n) is 9.39. The monoisotopic (exact) mass is 498 g/mol. The third kappa shape index (κ3) is 5.74. The minimum atomic E-state index is -0.970. The van der Waals surface area contributed by atoms with Crippen LogP contribution in [0.2, 0.25) is 0 Å². The quantitative estimate of drug-likeness (QED) is 0.465. The molecule has 1 amide bonds. The van der Waals surface area contributed by atoms with E-state index in [1.807, 2.05) is 6.07 Å². The van der Waals surface area contributed by atoms with Gasteiger partial charge in [-0.25, -0.2) is 18.2 Å². The number of hydrogen-bond acceptors (Lipinski definition) is 5. The Labute approximate surface area is 208 Å². The molecular formula is C27H29F3N4O2. The maximum atomic E-state index is 14.8. The van der Waals surface area contributed by atoms with E-state index >= 15 is 0 Å². The van der Waals surface area contributed by atoms with E-state index in [1.165, 1.54) is 13.2 Å². The van der Waals surface area contributed by atoms with Crippen molar-refractivity contribution in [2.75, 3.05) is 19.0 Å². The highest BCUT2D eigenvalue weighted by Gasteiger charge is 2.28. The van der Waals surface area contributed by atoms with Gasteiger partial charge < -0.3 is 15.8 Å². The molecule has 1 aliphatic carbocycles. The Hall–Kier alpha value is -3.30. The summed E-state index contributed by atoms with van der Waals surface area (Å²) in [5.74, 6) is -2.93. The van der Waals surface area contributed by atoms with E-state index in [1.54, 1.807) is 12.4 Å². The molecule has 6 nitrogen and oxygen atoms in total. The Bertz CT molecular complexity index is 1220. The predicted molar refractivity (Wildman–Crippen MR) is 131 cm³/mol. The smallest absolute Gasteiger partial charge is 0.274 e. The van der Waals surface area contributed by atoms with Crippen molar-refractivity contribution in [1.82, 2.24) is 9.97 Å². The number of amides is 1. The molecule has 1 fully saturated rings. The zero-order chi connectivity index (χ0) is 25.8. The van der Waals surface area contributed by atoms with Crippen LogP contribution in [0.3, 0.4) is 0 Å². The lowest BCUT2D eigenvalue weighted by molar-refractivity contribution is 0.102. The number of nitrogens with two attached hydrogens (primary N) is 1. The van der Waals surface area contributed by atoms with E-state index < -0.39 is 34.6 Å². The molecule has 4 rings (SSSR count). The van der Waals surface area contributed by atoms with Crippen LogP contribution in [0.5, 0.6) is 0 Å². The first-order valence-corrected chi connectivity index (χ1v) is 11.9. The normalized spacial score (nSPS) is 19.8. The molecule has 0 bridgehead atoms. The van der Waals surface area contributed by atoms with Crippen molar-refractivity contribution in [3.05, 3.63) is 77.0 Å². The van der Waals surface area contributed by atoms with Gasteiger partial charge in [0.2, 0.25) is 0 Å². The van der Waals surface area contributed by atoms with E-state index in [-0.39, 0.29) is 24.3 Å². The number of anilines is 1. The minimum Gasteiger partial charge on any atom is -0.384 e. The second kappa shape index (κ2) is 11.2. The van der Waals surface area contributed by atoms with Crippen molar-refractivity contribution in [2.45, 2.75) is 44.6 Å². The molecule has 3 atom stereocenters. The fourth-order valence-corrected chi connectivity index (χ4v) is 4.92. The number of halogens is 3. The molecule has 0 radical (unpaired) electrons. The first-order chi connectivity index (χ1) is 17.3. The Morgan fingerprint density at radius 3 is 2.56 bits per heavy atom. The molecule has 36 heavy (non-hydrogen) atoms. The van der Waals surface area contributed by atoms with Crippen LogP contribution in [0, 0.1) is 23.4 Å². The highest BCUT2D eigenvalue weighted by molar-refractivity contribution is 6.03. The van der Waals surface area contributed by atoms with Crippen molar-refractivity contribution >= 4 is 11.6 Å². The largest absolute Gasteiger partial charge is 0.384 e. The van der Waals surface area contributed by atoms with Gasteiger partial charge in [0.05, 0.1) is 24.1 Å². The summed E-state index contributed by atoms with van der Waals surface area (Å²) in [7, 11) is 1.48. The summed E-state index contributed by atoms with van der Waals surface area (Å²) in [6.07, 6.45) is 6.16. The lowest BCUT2D eigenvalue weighted by Gasteiger charge is -2.32. The van der Waals surface area contributed by atoms with Gasteiger partial charge in [-0.1, -0.05) is 6.92 Å². The first-order valence-electron chi connectivity index (χ1n) is 11.9. The summed E-state index contributed by atoms with van der Waals surface area (Å²) in [5, 5.41) is 2.78. The number of carbonyl (C=O) groups is 1. The average molecular weight is 499 g/mol. The number of pyridine rings is 2. The lowest BCUT2D eigenvalue weighted by Crippen LogP contribution is -2.31. The van der Waals surface area contributed by atoms with Crippen molar-refractivity contribution < 1.29 is 22.7 Å². The van der Waals surface area contributed by atoms with Crippen LogP contribution in [0.1, 0.15) is 53.7 Å². The maximum absolute atomic E-state index is 14.8. The van der Waals surface area contributed by atoms with Crippen LogP contribution < -0.4 is 11.1 Å². The van der Waals surface area contributed by atoms with Crippen molar-refractivity contribution in [2.24, 2.45) is 11.7 Å². The molecule has 1 aromatic carbocycles. The van der Waals surface area contributed by atoms with E-state index in [0.717, 1.165) is 43.0 Å². The fourth-order valence-electron chi connectivity index (χ4n) is 4.92. The molecule has 0 aliphatic heterocycles. The van der Waals surface area contributed by atoms with Gasteiger partial charge in [0.1, 0.15) is 28.8 Å². The molecule has 2 aromatic heterocycles. The Balaban J connectivity index is 1.62. The molecule has 0 saturated heterocycles. The molecule has 0 spiro atoms. The van der Waals surface area contributed by atoms with Gasteiger partial charge in [-0.15, -0.1) is 0 Å². The highest BCUT2D eigenvalue weighted by atomic mass is 19.1. The van der Waals surface area contributed by atoms with Gasteiger partial charge in [0.15, 0.2) is 0 Å². The summed E-state index contributed by atoms with van der Waals surface area (Å²) in [4.78, 5) is 21.2. The van der Waals surface area contributed by atoms with Gasteiger partial charge >= 0.3 is 0 Å². The van der Waals surface area contributed by atoms with Gasteiger partial charge in [-0.2, -0.15) is 0 Å². The number of nitrogens with zero attached hydrogens (tertiary/aromatic N) is 2. The van der Waals surface area contributed by atoms with Gasteiger partial charge in [-0.05, 0) is 79.0 Å². The van der Waals surface area contributed by atoms with Crippen LogP contribution >= 0.6 is 0 Å². The number of benzene rings is 1. The van der Waals surface area contributed by atoms with Crippen molar-refractivity contribution in [1.29, 1.82) is 0 Å². The molecule has 2 heterocycles. The van der Waals surface area contributed by atoms with E-state index in [0.29, 0.717) is 23.6 Å². The van der Waals surface area contributed by atoms with Crippen LogP contribution in [0.15, 0.2) is 42.7 Å². The predicted octanol–water partition coefficient (Wildman–Crippen LogP) is 5.23. The number of methoxy groups -OCH3 is 1. The Morgan fingerprint density at radius 1 is 1.11 bits per heavy atom. The number of rotatable bonds is 7. The third-order valence-corrected chi connectivity index (χ3v) is 6.53. The van der Waals surface area contributed by atoms with Gasteiger partial charge in [0.25, 0.3) is 5.91 Å². The lowest BCUT2D eigenvalue weighted by atomic mass is 9.76. The van der Waals surface area contributed by atoms with Gasteiger partial charge in [0, 0.05) is 19.3 Å². The van der Waals surface area contributed by atoms with E-state index in [9.17, 15) is 18.0 Å². The highest BCUT2D eigenvalue weighted by Crippen LogP contribution is 2.38. The number of aromatic nitrogens is 2.